The Morgan fingerprint density at radius 2 is 1.75 bits per heavy atom. The number of hydrogen-bond acceptors (Lipinski definition) is 3. The van der Waals surface area contributed by atoms with Crippen LogP contribution in [0.3, 0.4) is 0 Å². The van der Waals surface area contributed by atoms with Gasteiger partial charge in [0.25, 0.3) is 5.91 Å². The van der Waals surface area contributed by atoms with Crippen LogP contribution in [0, 0.1) is 11.6 Å². The first-order valence-electron chi connectivity index (χ1n) is 7.18. The summed E-state index contributed by atoms with van der Waals surface area (Å²) in [4.78, 5) is 11.6. The number of carbonyl (C=O) groups excluding carboxylic acids is 1. The lowest BCUT2D eigenvalue weighted by atomic mass is 10.2. The summed E-state index contributed by atoms with van der Waals surface area (Å²) in [6.07, 6.45) is 0.300. The average Bonchev–Trinajstić information content (AvgIpc) is 2.54. The first kappa shape index (κ1) is 18.0. The van der Waals surface area contributed by atoms with E-state index in [9.17, 15) is 22.0 Å². The number of nitrogens with one attached hydrogen (secondary N) is 2. The molecule has 8 heteroatoms. The fraction of sp³-hybridized carbons (Fsp3) is 0.188. The number of hydrogen-bond donors (Lipinski definition) is 2. The van der Waals surface area contributed by atoms with Crippen molar-refractivity contribution >= 4 is 15.9 Å². The summed E-state index contributed by atoms with van der Waals surface area (Å²) in [6.45, 7) is 0.217. The van der Waals surface area contributed by atoms with Crippen molar-refractivity contribution in [2.75, 3.05) is 13.1 Å². The molecule has 2 N–H and O–H groups in total. The molecule has 2 rings (SSSR count). The minimum absolute atomic E-state index is 0.0520. The van der Waals surface area contributed by atoms with Crippen molar-refractivity contribution < 1.29 is 22.0 Å². The van der Waals surface area contributed by atoms with Gasteiger partial charge in [0.2, 0.25) is 10.0 Å². The van der Waals surface area contributed by atoms with Crippen molar-refractivity contribution in [3.63, 3.8) is 0 Å². The minimum Gasteiger partial charge on any atom is -0.352 e. The summed E-state index contributed by atoms with van der Waals surface area (Å²) in [5.41, 5.74) is -0.0714. The maximum atomic E-state index is 13.4. The van der Waals surface area contributed by atoms with Crippen LogP contribution in [0.2, 0.25) is 0 Å². The van der Waals surface area contributed by atoms with Crippen LogP contribution in [0.4, 0.5) is 8.78 Å². The van der Waals surface area contributed by atoms with E-state index in [2.05, 4.69) is 10.0 Å². The van der Waals surface area contributed by atoms with Gasteiger partial charge in [-0.15, -0.1) is 0 Å². The summed E-state index contributed by atoms with van der Waals surface area (Å²) in [5, 5.41) is 2.50. The van der Waals surface area contributed by atoms with Crippen LogP contribution >= 0.6 is 0 Å². The zero-order valence-corrected chi connectivity index (χ0v) is 13.4. The van der Waals surface area contributed by atoms with Crippen LogP contribution < -0.4 is 10.0 Å². The van der Waals surface area contributed by atoms with Gasteiger partial charge in [-0.2, -0.15) is 0 Å². The quantitative estimate of drug-likeness (QED) is 0.748. The highest BCUT2D eigenvalue weighted by atomic mass is 32.2. The number of halogens is 2. The van der Waals surface area contributed by atoms with Gasteiger partial charge in [-0.25, -0.2) is 21.9 Å². The van der Waals surface area contributed by atoms with E-state index in [4.69, 9.17) is 0 Å². The van der Waals surface area contributed by atoms with E-state index < -0.39 is 27.6 Å². The number of sulfonamides is 1. The molecular formula is C16H16F2N2O3S. The fourth-order valence-corrected chi connectivity index (χ4v) is 3.06. The predicted octanol–water partition coefficient (Wildman–Crippen LogP) is 2.06. The molecule has 128 valence electrons. The summed E-state index contributed by atoms with van der Waals surface area (Å²) >= 11 is 0. The molecule has 0 spiro atoms. The van der Waals surface area contributed by atoms with E-state index in [1.165, 1.54) is 30.3 Å². The van der Waals surface area contributed by atoms with Gasteiger partial charge in [-0.3, -0.25) is 4.79 Å². The Bertz CT molecular complexity index is 826. The molecule has 0 aliphatic rings. The van der Waals surface area contributed by atoms with E-state index in [-0.39, 0.29) is 23.5 Å². The topological polar surface area (TPSA) is 75.3 Å². The first-order valence-corrected chi connectivity index (χ1v) is 8.66. The van der Waals surface area contributed by atoms with Crippen molar-refractivity contribution in [1.29, 1.82) is 0 Å². The first-order chi connectivity index (χ1) is 11.4. The number of benzene rings is 2. The highest BCUT2D eigenvalue weighted by Gasteiger charge is 2.14. The van der Waals surface area contributed by atoms with Crippen molar-refractivity contribution in [3.8, 4) is 0 Å². The van der Waals surface area contributed by atoms with Crippen molar-refractivity contribution in [2.24, 2.45) is 0 Å². The van der Waals surface area contributed by atoms with Crippen LogP contribution in [0.25, 0.3) is 0 Å². The molecule has 0 saturated carbocycles. The molecule has 1 amide bonds. The smallest absolute Gasteiger partial charge is 0.254 e. The molecule has 0 aliphatic heterocycles. The lowest BCUT2D eigenvalue weighted by Gasteiger charge is -2.08. The molecule has 0 unspecified atom stereocenters. The highest BCUT2D eigenvalue weighted by molar-refractivity contribution is 7.89. The zero-order chi connectivity index (χ0) is 17.6. The molecule has 2 aromatic rings. The molecule has 0 saturated heterocycles. The Balaban J connectivity index is 1.79. The highest BCUT2D eigenvalue weighted by Crippen LogP contribution is 2.10. The molecule has 5 nitrogen and oxygen atoms in total. The number of rotatable bonds is 7. The molecule has 0 aliphatic carbocycles. The molecule has 0 bridgehead atoms. The summed E-state index contributed by atoms with van der Waals surface area (Å²) in [7, 11) is -3.81. The Hall–Kier alpha value is -2.32. The van der Waals surface area contributed by atoms with Crippen LogP contribution in [0.1, 0.15) is 16.8 Å². The fourth-order valence-electron chi connectivity index (χ4n) is 1.95. The Morgan fingerprint density at radius 3 is 2.46 bits per heavy atom. The van der Waals surface area contributed by atoms with Gasteiger partial charge in [-0.1, -0.05) is 18.2 Å². The number of amides is 1. The number of carbonyl (C=O) groups is 1. The molecule has 24 heavy (non-hydrogen) atoms. The van der Waals surface area contributed by atoms with Gasteiger partial charge in [0.05, 0.1) is 10.5 Å². The molecule has 0 heterocycles. The van der Waals surface area contributed by atoms with E-state index in [0.717, 1.165) is 12.1 Å². The van der Waals surface area contributed by atoms with Crippen LogP contribution in [-0.4, -0.2) is 27.4 Å². The summed E-state index contributed by atoms with van der Waals surface area (Å²) < 4.78 is 52.6. The predicted molar refractivity (Wildman–Crippen MR) is 84.9 cm³/mol. The second kappa shape index (κ2) is 7.98. The molecule has 0 radical (unpaired) electrons. The second-order valence-corrected chi connectivity index (χ2v) is 6.71. The minimum atomic E-state index is -3.81. The molecule has 0 aromatic heterocycles. The largest absolute Gasteiger partial charge is 0.352 e. The van der Waals surface area contributed by atoms with Gasteiger partial charge in [0.1, 0.15) is 11.6 Å². The molecule has 0 fully saturated rings. The average molecular weight is 354 g/mol. The Labute approximate surface area is 138 Å². The molecule has 0 atom stereocenters. The van der Waals surface area contributed by atoms with E-state index in [1.807, 2.05) is 0 Å². The van der Waals surface area contributed by atoms with Gasteiger partial charge < -0.3 is 5.32 Å². The Morgan fingerprint density at radius 1 is 1.00 bits per heavy atom. The third kappa shape index (κ3) is 4.84. The van der Waals surface area contributed by atoms with E-state index in [0.29, 0.717) is 6.42 Å². The van der Waals surface area contributed by atoms with Gasteiger partial charge in [-0.05, 0) is 36.8 Å². The van der Waals surface area contributed by atoms with E-state index >= 15 is 0 Å². The SMILES string of the molecule is O=C(NCCCNS(=O)(=O)c1cccc(F)c1)c1ccccc1F. The van der Waals surface area contributed by atoms with Gasteiger partial charge >= 0.3 is 0 Å². The van der Waals surface area contributed by atoms with Crippen molar-refractivity contribution in [2.45, 2.75) is 11.3 Å². The normalized spacial score (nSPS) is 11.2. The van der Waals surface area contributed by atoms with Crippen LogP contribution in [0.15, 0.2) is 53.4 Å². The van der Waals surface area contributed by atoms with Gasteiger partial charge in [0.15, 0.2) is 0 Å². The maximum absolute atomic E-state index is 13.4. The summed E-state index contributed by atoms with van der Waals surface area (Å²) in [5.74, 6) is -1.84. The monoisotopic (exact) mass is 354 g/mol. The van der Waals surface area contributed by atoms with E-state index in [1.54, 1.807) is 6.07 Å². The van der Waals surface area contributed by atoms with Crippen LogP contribution in [-0.2, 0) is 10.0 Å². The van der Waals surface area contributed by atoms with Gasteiger partial charge in [0, 0.05) is 13.1 Å². The van der Waals surface area contributed by atoms with Crippen LogP contribution in [0.5, 0.6) is 0 Å². The lowest BCUT2D eigenvalue weighted by molar-refractivity contribution is 0.0949. The second-order valence-electron chi connectivity index (χ2n) is 4.94. The van der Waals surface area contributed by atoms with Crippen molar-refractivity contribution in [3.05, 3.63) is 65.7 Å². The third-order valence-corrected chi connectivity index (χ3v) is 4.61. The Kier molecular flexibility index (Phi) is 5.99. The summed E-state index contributed by atoms with van der Waals surface area (Å²) in [6, 6.07) is 10.2. The zero-order valence-electron chi connectivity index (χ0n) is 12.6. The molecule has 2 aromatic carbocycles. The van der Waals surface area contributed by atoms with Crippen molar-refractivity contribution in [1.82, 2.24) is 10.0 Å². The standard InChI is InChI=1S/C16H16F2N2O3S/c17-12-5-3-6-13(11-12)24(22,23)20-10-4-9-19-16(21)14-7-1-2-8-15(14)18/h1-3,5-8,11,20H,4,9-10H2,(H,19,21). The third-order valence-electron chi connectivity index (χ3n) is 3.16. The molecular weight excluding hydrogens is 338 g/mol. The lowest BCUT2D eigenvalue weighted by Crippen LogP contribution is -2.30. The maximum Gasteiger partial charge on any atom is 0.254 e.